The summed E-state index contributed by atoms with van der Waals surface area (Å²) in [5.74, 6) is 0. The van der Waals surface area contributed by atoms with Gasteiger partial charge in [-0.05, 0) is 44.0 Å². The number of halogens is 1. The third kappa shape index (κ3) is 3.64. The van der Waals surface area contributed by atoms with E-state index in [1.165, 1.54) is 12.8 Å². The van der Waals surface area contributed by atoms with E-state index in [1.54, 1.807) is 0 Å². The van der Waals surface area contributed by atoms with Crippen LogP contribution in [0.5, 0.6) is 0 Å². The van der Waals surface area contributed by atoms with Gasteiger partial charge < -0.3 is 10.3 Å². The van der Waals surface area contributed by atoms with Crippen LogP contribution >= 0.6 is 12.4 Å². The molecule has 1 aromatic heterocycles. The second-order valence-corrected chi connectivity index (χ2v) is 5.57. The van der Waals surface area contributed by atoms with Gasteiger partial charge in [0.05, 0.1) is 0 Å². The lowest BCUT2D eigenvalue weighted by Crippen LogP contribution is -2.44. The molecule has 0 aliphatic carbocycles. The van der Waals surface area contributed by atoms with Crippen molar-refractivity contribution in [3.05, 3.63) is 46.2 Å². The summed E-state index contributed by atoms with van der Waals surface area (Å²) in [7, 11) is 2.01. The summed E-state index contributed by atoms with van der Waals surface area (Å²) in [4.78, 5) is 17.5. The standard InChI is InChI=1S/C16H21N3O.ClH/c1-17-14-6-4-8-19(11-14)10-13-9-12-5-2-3-7-15(12)18-16(13)20;/h2-3,5,7,9,14,17H,4,6,8,10-11H2,1H3,(H,18,20);1H. The van der Waals surface area contributed by atoms with Gasteiger partial charge in [0.25, 0.3) is 5.56 Å². The van der Waals surface area contributed by atoms with Crippen LogP contribution in [0, 0.1) is 0 Å². The van der Waals surface area contributed by atoms with Crippen LogP contribution in [0.15, 0.2) is 35.1 Å². The molecular weight excluding hydrogens is 286 g/mol. The highest BCUT2D eigenvalue weighted by atomic mass is 35.5. The van der Waals surface area contributed by atoms with Gasteiger partial charge in [0.15, 0.2) is 0 Å². The van der Waals surface area contributed by atoms with E-state index in [0.717, 1.165) is 36.1 Å². The molecule has 1 aliphatic rings. The fraction of sp³-hybridized carbons (Fsp3) is 0.438. The van der Waals surface area contributed by atoms with Crippen LogP contribution in [0.25, 0.3) is 10.9 Å². The summed E-state index contributed by atoms with van der Waals surface area (Å²) in [6.07, 6.45) is 2.41. The molecule has 5 heteroatoms. The minimum atomic E-state index is 0. The molecule has 1 fully saturated rings. The fourth-order valence-corrected chi connectivity index (χ4v) is 2.99. The lowest BCUT2D eigenvalue weighted by Gasteiger charge is -2.32. The number of nitrogens with one attached hydrogen (secondary N) is 2. The number of hydrogen-bond donors (Lipinski definition) is 2. The molecule has 21 heavy (non-hydrogen) atoms. The minimum absolute atomic E-state index is 0. The van der Waals surface area contributed by atoms with Crippen LogP contribution in [0.3, 0.4) is 0 Å². The molecule has 2 aromatic rings. The number of aromatic amines is 1. The molecule has 0 spiro atoms. The first-order chi connectivity index (χ1) is 9.76. The van der Waals surface area contributed by atoms with Crippen molar-refractivity contribution >= 4 is 23.3 Å². The average molecular weight is 308 g/mol. The van der Waals surface area contributed by atoms with E-state index < -0.39 is 0 Å². The normalized spacial score (nSPS) is 19.4. The number of piperidine rings is 1. The molecule has 2 N–H and O–H groups in total. The van der Waals surface area contributed by atoms with Gasteiger partial charge in [-0.25, -0.2) is 0 Å². The number of benzene rings is 1. The van der Waals surface area contributed by atoms with Crippen LogP contribution in [0.4, 0.5) is 0 Å². The third-order valence-corrected chi connectivity index (χ3v) is 4.14. The molecule has 0 bridgehead atoms. The van der Waals surface area contributed by atoms with Crippen molar-refractivity contribution < 1.29 is 0 Å². The Balaban J connectivity index is 0.00000161. The number of pyridine rings is 1. The van der Waals surface area contributed by atoms with Gasteiger partial charge in [-0.15, -0.1) is 12.4 Å². The summed E-state index contributed by atoms with van der Waals surface area (Å²) in [5.41, 5.74) is 1.81. The van der Waals surface area contributed by atoms with Crippen LogP contribution in [-0.2, 0) is 6.54 Å². The summed E-state index contributed by atoms with van der Waals surface area (Å²) in [5, 5.41) is 4.44. The number of hydrogen-bond acceptors (Lipinski definition) is 3. The van der Waals surface area contributed by atoms with Crippen LogP contribution in [-0.4, -0.2) is 36.1 Å². The zero-order chi connectivity index (χ0) is 13.9. The predicted molar refractivity (Wildman–Crippen MR) is 89.2 cm³/mol. The first-order valence-corrected chi connectivity index (χ1v) is 7.27. The van der Waals surface area contributed by atoms with Gasteiger partial charge in [-0.2, -0.15) is 0 Å². The Hall–Kier alpha value is -1.36. The second kappa shape index (κ2) is 7.07. The third-order valence-electron chi connectivity index (χ3n) is 4.14. The number of H-pyrrole nitrogens is 1. The van der Waals surface area contributed by atoms with Crippen LogP contribution < -0.4 is 10.9 Å². The SMILES string of the molecule is CNC1CCCN(Cc2cc3ccccc3[nH]c2=O)C1.Cl. The molecule has 1 saturated heterocycles. The van der Waals surface area contributed by atoms with E-state index in [-0.39, 0.29) is 18.0 Å². The zero-order valence-corrected chi connectivity index (χ0v) is 13.1. The quantitative estimate of drug-likeness (QED) is 0.913. The molecule has 0 saturated carbocycles. The maximum Gasteiger partial charge on any atom is 0.252 e. The predicted octanol–water partition coefficient (Wildman–Crippen LogP) is 2.13. The molecule has 0 amide bonds. The van der Waals surface area contributed by atoms with Gasteiger partial charge >= 0.3 is 0 Å². The van der Waals surface area contributed by atoms with E-state index in [1.807, 2.05) is 37.4 Å². The van der Waals surface area contributed by atoms with Crippen molar-refractivity contribution in [1.29, 1.82) is 0 Å². The molecule has 1 aromatic carbocycles. The molecule has 1 aliphatic heterocycles. The summed E-state index contributed by atoms with van der Waals surface area (Å²) in [6.45, 7) is 2.82. The molecule has 1 atom stereocenters. The molecule has 2 heterocycles. The van der Waals surface area contributed by atoms with E-state index in [2.05, 4.69) is 15.2 Å². The Morgan fingerprint density at radius 1 is 1.38 bits per heavy atom. The second-order valence-electron chi connectivity index (χ2n) is 5.57. The molecule has 114 valence electrons. The van der Waals surface area contributed by atoms with Crippen molar-refractivity contribution in [2.45, 2.75) is 25.4 Å². The molecule has 4 nitrogen and oxygen atoms in total. The summed E-state index contributed by atoms with van der Waals surface area (Å²) < 4.78 is 0. The highest BCUT2D eigenvalue weighted by Crippen LogP contribution is 2.15. The van der Waals surface area contributed by atoms with Crippen LogP contribution in [0.2, 0.25) is 0 Å². The van der Waals surface area contributed by atoms with Crippen molar-refractivity contribution in [1.82, 2.24) is 15.2 Å². The van der Waals surface area contributed by atoms with Gasteiger partial charge in [0, 0.05) is 30.2 Å². The average Bonchev–Trinajstić information content (AvgIpc) is 2.48. The number of para-hydroxylation sites is 1. The Morgan fingerprint density at radius 3 is 3.00 bits per heavy atom. The van der Waals surface area contributed by atoms with E-state index in [9.17, 15) is 4.79 Å². The number of nitrogens with zero attached hydrogens (tertiary/aromatic N) is 1. The lowest BCUT2D eigenvalue weighted by atomic mass is 10.0. The van der Waals surface area contributed by atoms with E-state index >= 15 is 0 Å². The van der Waals surface area contributed by atoms with Crippen molar-refractivity contribution in [2.75, 3.05) is 20.1 Å². The number of aromatic nitrogens is 1. The minimum Gasteiger partial charge on any atom is -0.322 e. The smallest absolute Gasteiger partial charge is 0.252 e. The molecule has 1 unspecified atom stereocenters. The van der Waals surface area contributed by atoms with Gasteiger partial charge in [-0.1, -0.05) is 18.2 Å². The fourth-order valence-electron chi connectivity index (χ4n) is 2.99. The maximum absolute atomic E-state index is 12.2. The zero-order valence-electron chi connectivity index (χ0n) is 12.3. The van der Waals surface area contributed by atoms with Crippen molar-refractivity contribution in [3.63, 3.8) is 0 Å². The van der Waals surface area contributed by atoms with E-state index in [0.29, 0.717) is 6.04 Å². The first-order valence-electron chi connectivity index (χ1n) is 7.27. The maximum atomic E-state index is 12.2. The Bertz CT molecular complexity index is 655. The summed E-state index contributed by atoms with van der Waals surface area (Å²) >= 11 is 0. The van der Waals surface area contributed by atoms with Gasteiger partial charge in [0.2, 0.25) is 0 Å². The molecule has 0 radical (unpaired) electrons. The van der Waals surface area contributed by atoms with E-state index in [4.69, 9.17) is 0 Å². The number of fused-ring (bicyclic) bond motifs is 1. The topological polar surface area (TPSA) is 48.1 Å². The summed E-state index contributed by atoms with van der Waals surface area (Å²) in [6, 6.07) is 10.5. The van der Waals surface area contributed by atoms with Gasteiger partial charge in [0.1, 0.15) is 0 Å². The molecule has 3 rings (SSSR count). The Kier molecular flexibility index (Phi) is 5.39. The van der Waals surface area contributed by atoms with Crippen LogP contribution in [0.1, 0.15) is 18.4 Å². The monoisotopic (exact) mass is 307 g/mol. The lowest BCUT2D eigenvalue weighted by molar-refractivity contribution is 0.187. The number of likely N-dealkylation sites (tertiary alicyclic amines) is 1. The van der Waals surface area contributed by atoms with Crippen molar-refractivity contribution in [2.24, 2.45) is 0 Å². The molecular formula is C16H22ClN3O. The number of likely N-dealkylation sites (N-methyl/N-ethyl adjacent to an activating group) is 1. The highest BCUT2D eigenvalue weighted by Gasteiger charge is 2.19. The highest BCUT2D eigenvalue weighted by molar-refractivity contribution is 5.85. The largest absolute Gasteiger partial charge is 0.322 e. The Labute approximate surface area is 131 Å². The van der Waals surface area contributed by atoms with Crippen molar-refractivity contribution in [3.8, 4) is 0 Å². The first kappa shape index (κ1) is 16.0. The Morgan fingerprint density at radius 2 is 2.19 bits per heavy atom. The van der Waals surface area contributed by atoms with Gasteiger partial charge in [-0.3, -0.25) is 9.69 Å². The number of rotatable bonds is 3.